The van der Waals surface area contributed by atoms with Crippen molar-refractivity contribution < 1.29 is 14.3 Å². The molecule has 0 atom stereocenters. The zero-order valence-corrected chi connectivity index (χ0v) is 13.0. The third-order valence-electron chi connectivity index (χ3n) is 3.73. The molecule has 122 valence electrons. The number of carbonyl (C=O) groups excluding carboxylic acids is 2. The van der Waals surface area contributed by atoms with E-state index < -0.39 is 0 Å². The van der Waals surface area contributed by atoms with E-state index in [9.17, 15) is 9.59 Å². The van der Waals surface area contributed by atoms with Crippen molar-refractivity contribution in [3.63, 3.8) is 0 Å². The number of anilines is 1. The number of hydrogen-bond donors (Lipinski definition) is 2. The summed E-state index contributed by atoms with van der Waals surface area (Å²) < 4.78 is 5.14. The number of benzene rings is 1. The zero-order valence-electron chi connectivity index (χ0n) is 13.0. The molecule has 6 nitrogen and oxygen atoms in total. The molecule has 0 saturated heterocycles. The standard InChI is InChI=1S/C17H21N3O3/c18-10-13-6-8-15(9-7-13)20-17(22)12-23-11-16(21)19-14-4-2-1-3-5-14/h6-9,14H,1-5,11-12H2,(H,19,21)(H,20,22). The summed E-state index contributed by atoms with van der Waals surface area (Å²) in [7, 11) is 0. The smallest absolute Gasteiger partial charge is 0.250 e. The summed E-state index contributed by atoms with van der Waals surface area (Å²) in [5, 5.41) is 14.3. The second kappa shape index (κ2) is 8.91. The molecule has 0 heterocycles. The maximum Gasteiger partial charge on any atom is 0.250 e. The third-order valence-corrected chi connectivity index (χ3v) is 3.73. The first-order valence-corrected chi connectivity index (χ1v) is 7.84. The Morgan fingerprint density at radius 1 is 1.09 bits per heavy atom. The Morgan fingerprint density at radius 2 is 1.74 bits per heavy atom. The van der Waals surface area contributed by atoms with Crippen LogP contribution in [0, 0.1) is 11.3 Å². The van der Waals surface area contributed by atoms with Crippen LogP contribution in [0.25, 0.3) is 0 Å². The minimum atomic E-state index is -0.333. The highest BCUT2D eigenvalue weighted by atomic mass is 16.5. The van der Waals surface area contributed by atoms with Crippen molar-refractivity contribution in [3.05, 3.63) is 29.8 Å². The molecule has 1 aromatic rings. The molecule has 23 heavy (non-hydrogen) atoms. The lowest BCUT2D eigenvalue weighted by Crippen LogP contribution is -2.38. The van der Waals surface area contributed by atoms with Gasteiger partial charge in [-0.1, -0.05) is 19.3 Å². The van der Waals surface area contributed by atoms with Gasteiger partial charge in [0.1, 0.15) is 13.2 Å². The van der Waals surface area contributed by atoms with Gasteiger partial charge in [-0.05, 0) is 37.1 Å². The van der Waals surface area contributed by atoms with Crippen molar-refractivity contribution in [2.45, 2.75) is 38.1 Å². The van der Waals surface area contributed by atoms with Gasteiger partial charge in [-0.3, -0.25) is 9.59 Å². The summed E-state index contributed by atoms with van der Waals surface area (Å²) in [5.74, 6) is -0.511. The van der Waals surface area contributed by atoms with Crippen LogP contribution >= 0.6 is 0 Å². The first-order chi connectivity index (χ1) is 11.2. The molecule has 1 saturated carbocycles. The van der Waals surface area contributed by atoms with Crippen molar-refractivity contribution in [2.75, 3.05) is 18.5 Å². The molecule has 0 bridgehead atoms. The van der Waals surface area contributed by atoms with Crippen LogP contribution in [-0.4, -0.2) is 31.1 Å². The zero-order chi connectivity index (χ0) is 16.5. The predicted octanol–water partition coefficient (Wildman–Crippen LogP) is 1.96. The SMILES string of the molecule is N#Cc1ccc(NC(=O)COCC(=O)NC2CCCCC2)cc1. The quantitative estimate of drug-likeness (QED) is 0.839. The van der Waals surface area contributed by atoms with E-state index >= 15 is 0 Å². The van der Waals surface area contributed by atoms with Crippen LogP contribution in [0.4, 0.5) is 5.69 Å². The van der Waals surface area contributed by atoms with Crippen molar-refractivity contribution in [3.8, 4) is 6.07 Å². The molecule has 0 unspecified atom stereocenters. The first kappa shape index (κ1) is 17.0. The molecule has 1 fully saturated rings. The van der Waals surface area contributed by atoms with E-state index in [1.54, 1.807) is 24.3 Å². The Kier molecular flexibility index (Phi) is 6.57. The molecular formula is C17H21N3O3. The maximum atomic E-state index is 11.7. The second-order valence-corrected chi connectivity index (χ2v) is 5.63. The molecule has 0 aromatic heterocycles. The van der Waals surface area contributed by atoms with Crippen LogP contribution in [0.5, 0.6) is 0 Å². The van der Waals surface area contributed by atoms with Gasteiger partial charge in [0, 0.05) is 11.7 Å². The predicted molar refractivity (Wildman–Crippen MR) is 85.6 cm³/mol. The van der Waals surface area contributed by atoms with Crippen LogP contribution in [0.3, 0.4) is 0 Å². The number of nitrogens with zero attached hydrogens (tertiary/aromatic N) is 1. The number of nitriles is 1. The molecule has 6 heteroatoms. The molecule has 1 aromatic carbocycles. The fourth-order valence-corrected chi connectivity index (χ4v) is 2.58. The summed E-state index contributed by atoms with van der Waals surface area (Å²) in [4.78, 5) is 23.4. The number of rotatable bonds is 6. The Balaban J connectivity index is 1.63. The Hall–Kier alpha value is -2.39. The van der Waals surface area contributed by atoms with Gasteiger partial charge in [-0.25, -0.2) is 0 Å². The van der Waals surface area contributed by atoms with Crippen molar-refractivity contribution in [1.82, 2.24) is 5.32 Å². The van der Waals surface area contributed by atoms with Gasteiger partial charge >= 0.3 is 0 Å². The maximum absolute atomic E-state index is 11.7. The molecular weight excluding hydrogens is 294 g/mol. The van der Waals surface area contributed by atoms with Gasteiger partial charge < -0.3 is 15.4 Å². The minimum Gasteiger partial charge on any atom is -0.362 e. The summed E-state index contributed by atoms with van der Waals surface area (Å²) in [6.45, 7) is -0.296. The van der Waals surface area contributed by atoms with Gasteiger partial charge in [0.15, 0.2) is 0 Å². The minimum absolute atomic E-state index is 0.114. The van der Waals surface area contributed by atoms with Crippen LogP contribution in [0.1, 0.15) is 37.7 Å². The van der Waals surface area contributed by atoms with E-state index in [-0.39, 0.29) is 31.1 Å². The normalized spacial score (nSPS) is 14.7. The number of carbonyl (C=O) groups is 2. The van der Waals surface area contributed by atoms with Gasteiger partial charge in [-0.2, -0.15) is 5.26 Å². The van der Waals surface area contributed by atoms with Crippen LogP contribution in [0.15, 0.2) is 24.3 Å². The van der Waals surface area contributed by atoms with Crippen molar-refractivity contribution >= 4 is 17.5 Å². The number of nitrogens with one attached hydrogen (secondary N) is 2. The second-order valence-electron chi connectivity index (χ2n) is 5.63. The summed E-state index contributed by atoms with van der Waals surface area (Å²) in [5.41, 5.74) is 1.11. The van der Waals surface area contributed by atoms with E-state index in [1.807, 2.05) is 6.07 Å². The van der Waals surface area contributed by atoms with E-state index in [0.717, 1.165) is 25.7 Å². The topological polar surface area (TPSA) is 91.2 Å². The molecule has 2 rings (SSSR count). The summed E-state index contributed by atoms with van der Waals surface area (Å²) >= 11 is 0. The van der Waals surface area contributed by atoms with Crippen molar-refractivity contribution in [2.24, 2.45) is 0 Å². The van der Waals surface area contributed by atoms with E-state index in [0.29, 0.717) is 11.3 Å². The van der Waals surface area contributed by atoms with Crippen LogP contribution in [0.2, 0.25) is 0 Å². The monoisotopic (exact) mass is 315 g/mol. The number of ether oxygens (including phenoxy) is 1. The van der Waals surface area contributed by atoms with E-state index in [4.69, 9.17) is 10.00 Å². The van der Waals surface area contributed by atoms with Gasteiger partial charge in [0.2, 0.25) is 11.8 Å². The van der Waals surface area contributed by atoms with Crippen molar-refractivity contribution in [1.29, 1.82) is 5.26 Å². The highest BCUT2D eigenvalue weighted by Crippen LogP contribution is 2.17. The molecule has 0 radical (unpaired) electrons. The Bertz CT molecular complexity index is 572. The molecule has 2 amide bonds. The fraction of sp³-hybridized carbons (Fsp3) is 0.471. The number of amides is 2. The molecule has 0 spiro atoms. The average Bonchev–Trinajstić information content (AvgIpc) is 2.56. The highest BCUT2D eigenvalue weighted by Gasteiger charge is 2.15. The molecule has 2 N–H and O–H groups in total. The number of hydrogen-bond acceptors (Lipinski definition) is 4. The largest absolute Gasteiger partial charge is 0.362 e. The first-order valence-electron chi connectivity index (χ1n) is 7.84. The lowest BCUT2D eigenvalue weighted by atomic mass is 9.95. The molecule has 1 aliphatic rings. The summed E-state index contributed by atoms with van der Waals surface area (Å²) in [6.07, 6.45) is 5.58. The lowest BCUT2D eigenvalue weighted by molar-refractivity contribution is -0.129. The van der Waals surface area contributed by atoms with E-state index in [1.165, 1.54) is 6.42 Å². The molecule has 0 aliphatic heterocycles. The fourth-order valence-electron chi connectivity index (χ4n) is 2.58. The summed E-state index contributed by atoms with van der Waals surface area (Å²) in [6, 6.07) is 8.78. The van der Waals surface area contributed by atoms with Gasteiger partial charge in [0.25, 0.3) is 0 Å². The van der Waals surface area contributed by atoms with E-state index in [2.05, 4.69) is 10.6 Å². The van der Waals surface area contributed by atoms with Gasteiger partial charge in [0.05, 0.1) is 11.6 Å². The third kappa shape index (κ3) is 6.09. The van der Waals surface area contributed by atoms with Crippen LogP contribution < -0.4 is 10.6 Å². The Morgan fingerprint density at radius 3 is 2.39 bits per heavy atom. The lowest BCUT2D eigenvalue weighted by Gasteiger charge is -2.22. The molecule has 1 aliphatic carbocycles. The Labute approximate surface area is 135 Å². The van der Waals surface area contributed by atoms with Crippen LogP contribution in [-0.2, 0) is 14.3 Å². The average molecular weight is 315 g/mol. The van der Waals surface area contributed by atoms with Gasteiger partial charge in [-0.15, -0.1) is 0 Å². The highest BCUT2D eigenvalue weighted by molar-refractivity contribution is 5.91.